The summed E-state index contributed by atoms with van der Waals surface area (Å²) in [5.74, 6) is 1.98. The topological polar surface area (TPSA) is 43.6 Å². The molecule has 7 aromatic carbocycles. The van der Waals surface area contributed by atoms with Gasteiger partial charge in [-0.1, -0.05) is 147 Å². The maximum atomic E-state index is 5.07. The van der Waals surface area contributed by atoms with Crippen LogP contribution in [0.4, 0.5) is 0 Å². The van der Waals surface area contributed by atoms with Gasteiger partial charge in [0.25, 0.3) is 0 Å². The Morgan fingerprint density at radius 2 is 1.07 bits per heavy atom. The van der Waals surface area contributed by atoms with Crippen LogP contribution < -0.4 is 0 Å². The largest absolute Gasteiger partial charge is 0.309 e. The van der Waals surface area contributed by atoms with Gasteiger partial charge in [0.2, 0.25) is 0 Å². The van der Waals surface area contributed by atoms with Crippen molar-refractivity contribution in [3.8, 4) is 62.1 Å². The van der Waals surface area contributed by atoms with E-state index >= 15 is 0 Å². The van der Waals surface area contributed by atoms with E-state index in [4.69, 9.17) is 15.0 Å². The summed E-state index contributed by atoms with van der Waals surface area (Å²) in [4.78, 5) is 15.1. The van der Waals surface area contributed by atoms with Gasteiger partial charge in [0.15, 0.2) is 17.5 Å². The molecule has 0 saturated heterocycles. The molecule has 0 atom stereocenters. The van der Waals surface area contributed by atoms with Gasteiger partial charge in [-0.2, -0.15) is 0 Å². The molecule has 0 spiro atoms. The molecule has 10 rings (SSSR count). The summed E-state index contributed by atoms with van der Waals surface area (Å²) in [6.07, 6.45) is 0. The zero-order chi connectivity index (χ0) is 36.6. The Hall–Kier alpha value is -6.65. The van der Waals surface area contributed by atoms with Crippen molar-refractivity contribution in [3.63, 3.8) is 0 Å². The first kappa shape index (κ1) is 32.0. The molecule has 4 heteroatoms. The van der Waals surface area contributed by atoms with Crippen LogP contribution in [0.2, 0.25) is 0 Å². The van der Waals surface area contributed by atoms with Crippen LogP contribution >= 0.6 is 0 Å². The third-order valence-corrected chi connectivity index (χ3v) is 11.4. The zero-order valence-electron chi connectivity index (χ0n) is 30.8. The van der Waals surface area contributed by atoms with E-state index < -0.39 is 0 Å². The third kappa shape index (κ3) is 4.87. The Labute approximate surface area is 315 Å². The van der Waals surface area contributed by atoms with Crippen LogP contribution in [0, 0.1) is 13.8 Å². The Morgan fingerprint density at radius 3 is 1.81 bits per heavy atom. The fourth-order valence-corrected chi connectivity index (χ4v) is 8.67. The van der Waals surface area contributed by atoms with Gasteiger partial charge >= 0.3 is 0 Å². The zero-order valence-corrected chi connectivity index (χ0v) is 30.8. The first-order valence-corrected chi connectivity index (χ1v) is 18.6. The van der Waals surface area contributed by atoms with Crippen molar-refractivity contribution in [3.05, 3.63) is 180 Å². The highest BCUT2D eigenvalue weighted by Gasteiger charge is 2.37. The van der Waals surface area contributed by atoms with Crippen LogP contribution in [0.15, 0.2) is 158 Å². The summed E-state index contributed by atoms with van der Waals surface area (Å²) >= 11 is 0. The van der Waals surface area contributed by atoms with Gasteiger partial charge in [-0.15, -0.1) is 0 Å². The number of aryl methyl sites for hydroxylation is 1. The van der Waals surface area contributed by atoms with Crippen LogP contribution in [0.3, 0.4) is 0 Å². The van der Waals surface area contributed by atoms with Crippen LogP contribution in [-0.2, 0) is 5.41 Å². The summed E-state index contributed by atoms with van der Waals surface area (Å²) in [6.45, 7) is 9.10. The summed E-state index contributed by atoms with van der Waals surface area (Å²) < 4.78 is 2.45. The van der Waals surface area contributed by atoms with E-state index in [0.717, 1.165) is 33.5 Å². The van der Waals surface area contributed by atoms with Gasteiger partial charge < -0.3 is 4.57 Å². The van der Waals surface area contributed by atoms with E-state index in [1.165, 1.54) is 55.2 Å². The molecule has 0 saturated carbocycles. The van der Waals surface area contributed by atoms with E-state index in [-0.39, 0.29) is 5.41 Å². The molecule has 9 aromatic rings. The molecule has 0 unspecified atom stereocenters. The van der Waals surface area contributed by atoms with Crippen molar-refractivity contribution >= 4 is 21.8 Å². The molecule has 1 aliphatic rings. The molecule has 0 aliphatic heterocycles. The van der Waals surface area contributed by atoms with E-state index in [0.29, 0.717) is 17.5 Å². The van der Waals surface area contributed by atoms with Crippen molar-refractivity contribution in [1.82, 2.24) is 19.5 Å². The SMILES string of the molecule is Cc1ccc(-n2c3ccccc3c3c4c(ccc32)C(C)(C)c2ccccc2-4)cc1-c1cccc(-c2nc(-c3ccccc3)nc(-c3ccccc3)n2)c1C. The Bertz CT molecular complexity index is 2860. The lowest BCUT2D eigenvalue weighted by atomic mass is 9.82. The third-order valence-electron chi connectivity index (χ3n) is 11.4. The highest BCUT2D eigenvalue weighted by Crippen LogP contribution is 2.53. The van der Waals surface area contributed by atoms with Crippen molar-refractivity contribution < 1.29 is 0 Å². The smallest absolute Gasteiger partial charge is 0.164 e. The van der Waals surface area contributed by atoms with Crippen LogP contribution in [0.5, 0.6) is 0 Å². The first-order chi connectivity index (χ1) is 26.4. The predicted octanol–water partition coefficient (Wildman–Crippen LogP) is 12.6. The number of hydrogen-bond acceptors (Lipinski definition) is 3. The normalized spacial score (nSPS) is 13.0. The molecule has 4 nitrogen and oxygen atoms in total. The Balaban J connectivity index is 1.16. The minimum Gasteiger partial charge on any atom is -0.309 e. The molecule has 2 aromatic heterocycles. The molecule has 2 heterocycles. The van der Waals surface area contributed by atoms with Crippen molar-refractivity contribution in [2.24, 2.45) is 0 Å². The molecule has 0 amide bonds. The lowest BCUT2D eigenvalue weighted by Gasteiger charge is -2.21. The monoisotopic (exact) mass is 694 g/mol. The number of nitrogens with zero attached hydrogens (tertiary/aromatic N) is 4. The number of hydrogen-bond donors (Lipinski definition) is 0. The summed E-state index contributed by atoms with van der Waals surface area (Å²) in [5.41, 5.74) is 16.6. The molecule has 0 fully saturated rings. The molecule has 1 aliphatic carbocycles. The average Bonchev–Trinajstić information content (AvgIpc) is 3.67. The van der Waals surface area contributed by atoms with Gasteiger partial charge in [-0.05, 0) is 82.6 Å². The minimum absolute atomic E-state index is 0.0643. The average molecular weight is 695 g/mol. The Morgan fingerprint density at radius 1 is 0.463 bits per heavy atom. The van der Waals surface area contributed by atoms with Gasteiger partial charge in [0.1, 0.15) is 0 Å². The number of rotatable bonds is 5. The lowest BCUT2D eigenvalue weighted by Crippen LogP contribution is -2.14. The van der Waals surface area contributed by atoms with Crippen LogP contribution in [0.1, 0.15) is 36.1 Å². The maximum Gasteiger partial charge on any atom is 0.164 e. The molecule has 0 bridgehead atoms. The molecule has 258 valence electrons. The van der Waals surface area contributed by atoms with E-state index in [1.54, 1.807) is 0 Å². The predicted molar refractivity (Wildman–Crippen MR) is 223 cm³/mol. The maximum absolute atomic E-state index is 5.07. The Kier molecular flexibility index (Phi) is 7.24. The summed E-state index contributed by atoms with van der Waals surface area (Å²) in [7, 11) is 0. The van der Waals surface area contributed by atoms with Crippen LogP contribution in [0.25, 0.3) is 83.9 Å². The highest BCUT2D eigenvalue weighted by molar-refractivity contribution is 6.18. The lowest BCUT2D eigenvalue weighted by molar-refractivity contribution is 0.661. The first-order valence-electron chi connectivity index (χ1n) is 18.6. The molecular formula is C50H38N4. The number of benzene rings is 7. The number of fused-ring (bicyclic) bond motifs is 7. The number of aromatic nitrogens is 4. The molecular weight excluding hydrogens is 657 g/mol. The van der Waals surface area contributed by atoms with Gasteiger partial charge in [0, 0.05) is 38.6 Å². The summed E-state index contributed by atoms with van der Waals surface area (Å²) in [5, 5.41) is 2.59. The van der Waals surface area contributed by atoms with Crippen LogP contribution in [-0.4, -0.2) is 19.5 Å². The van der Waals surface area contributed by atoms with E-state index in [9.17, 15) is 0 Å². The molecule has 0 N–H and O–H groups in total. The summed E-state index contributed by atoms with van der Waals surface area (Å²) in [6, 6.07) is 56.2. The number of para-hydroxylation sites is 1. The van der Waals surface area contributed by atoms with Gasteiger partial charge in [-0.3, -0.25) is 0 Å². The van der Waals surface area contributed by atoms with Crippen molar-refractivity contribution in [2.75, 3.05) is 0 Å². The van der Waals surface area contributed by atoms with E-state index in [1.807, 2.05) is 36.4 Å². The second-order valence-corrected chi connectivity index (χ2v) is 14.9. The van der Waals surface area contributed by atoms with Gasteiger partial charge in [-0.25, -0.2) is 15.0 Å². The highest BCUT2D eigenvalue weighted by atomic mass is 15.0. The van der Waals surface area contributed by atoms with E-state index in [2.05, 4.69) is 154 Å². The van der Waals surface area contributed by atoms with Gasteiger partial charge in [0.05, 0.1) is 11.0 Å². The fourth-order valence-electron chi connectivity index (χ4n) is 8.67. The van der Waals surface area contributed by atoms with Crippen molar-refractivity contribution in [2.45, 2.75) is 33.1 Å². The quantitative estimate of drug-likeness (QED) is 0.180. The molecule has 54 heavy (non-hydrogen) atoms. The fraction of sp³-hybridized carbons (Fsp3) is 0.100. The second-order valence-electron chi connectivity index (χ2n) is 14.9. The second kappa shape index (κ2) is 12.2. The minimum atomic E-state index is -0.0643. The van der Waals surface area contributed by atoms with Crippen molar-refractivity contribution in [1.29, 1.82) is 0 Å². The molecule has 0 radical (unpaired) electrons. The standard InChI is InChI=1S/C50H38N4/c1-31-26-27-35(54-43-25-14-12-21-39(43)46-44(54)29-28-42-45(46)38-20-11-13-24-41(38)50(42,3)4)30-40(31)36-22-15-23-37(32(36)2)49-52-47(33-16-7-5-8-17-33)51-48(53-49)34-18-9-6-10-19-34/h5-30H,1-4H3.